The molecule has 27 heavy (non-hydrogen) atoms. The number of hydrogen-bond donors (Lipinski definition) is 3. The summed E-state index contributed by atoms with van der Waals surface area (Å²) in [7, 11) is 0. The van der Waals surface area contributed by atoms with Crippen LogP contribution >= 0.6 is 11.3 Å². The Labute approximate surface area is 159 Å². The zero-order valence-corrected chi connectivity index (χ0v) is 15.5. The first-order chi connectivity index (χ1) is 13.1. The topological polar surface area (TPSA) is 91.5 Å². The standard InChI is InChI=1S/C19H17N5O2S/c1-11-17(24-9-4-3-8-15(24)20-11)16-12(2)27-19(22-16)21-14-7-5-6-13(10-14)18(25)23-26/h3-10,26H,1-2H3,(H,21,22)(H,23,25). The van der Waals surface area contributed by atoms with Crippen molar-refractivity contribution < 1.29 is 10.0 Å². The van der Waals surface area contributed by atoms with Crippen LogP contribution in [0.2, 0.25) is 0 Å². The van der Waals surface area contributed by atoms with E-state index in [1.807, 2.05) is 48.7 Å². The van der Waals surface area contributed by atoms with Gasteiger partial charge in [0.05, 0.1) is 11.4 Å². The number of rotatable bonds is 4. The number of hydroxylamine groups is 1. The average molecular weight is 379 g/mol. The maximum absolute atomic E-state index is 11.6. The maximum atomic E-state index is 11.6. The third-order valence-corrected chi connectivity index (χ3v) is 5.09. The van der Waals surface area contributed by atoms with E-state index in [0.717, 1.165) is 27.6 Å². The second-order valence-corrected chi connectivity index (χ2v) is 7.25. The Morgan fingerprint density at radius 2 is 2.00 bits per heavy atom. The third kappa shape index (κ3) is 3.16. The minimum Gasteiger partial charge on any atom is -0.332 e. The molecule has 0 unspecified atom stereocenters. The zero-order chi connectivity index (χ0) is 19.0. The van der Waals surface area contributed by atoms with Gasteiger partial charge in [-0.05, 0) is 44.2 Å². The predicted octanol–water partition coefficient (Wildman–Crippen LogP) is 3.94. The fourth-order valence-electron chi connectivity index (χ4n) is 2.99. The van der Waals surface area contributed by atoms with Gasteiger partial charge < -0.3 is 5.32 Å². The second kappa shape index (κ2) is 6.82. The van der Waals surface area contributed by atoms with Crippen molar-refractivity contribution in [3.63, 3.8) is 0 Å². The monoisotopic (exact) mass is 379 g/mol. The van der Waals surface area contributed by atoms with Crippen LogP contribution in [0.3, 0.4) is 0 Å². The summed E-state index contributed by atoms with van der Waals surface area (Å²) in [6.45, 7) is 4.00. The van der Waals surface area contributed by atoms with Gasteiger partial charge in [0.15, 0.2) is 5.13 Å². The Bertz CT molecular complexity index is 1150. The molecule has 136 valence electrons. The van der Waals surface area contributed by atoms with Gasteiger partial charge in [-0.25, -0.2) is 15.4 Å². The lowest BCUT2D eigenvalue weighted by Gasteiger charge is -2.05. The molecule has 8 heteroatoms. The first kappa shape index (κ1) is 17.2. The van der Waals surface area contributed by atoms with Crippen LogP contribution in [0.1, 0.15) is 20.9 Å². The summed E-state index contributed by atoms with van der Waals surface area (Å²) in [6, 6.07) is 12.7. The summed E-state index contributed by atoms with van der Waals surface area (Å²) in [5.41, 5.74) is 6.36. The highest BCUT2D eigenvalue weighted by Gasteiger charge is 2.17. The van der Waals surface area contributed by atoms with E-state index < -0.39 is 5.91 Å². The number of carbonyl (C=O) groups excluding carboxylic acids is 1. The number of pyridine rings is 1. The van der Waals surface area contributed by atoms with Crippen molar-refractivity contribution in [2.75, 3.05) is 5.32 Å². The van der Waals surface area contributed by atoms with E-state index in [1.54, 1.807) is 23.7 Å². The van der Waals surface area contributed by atoms with Gasteiger partial charge in [0, 0.05) is 22.3 Å². The molecule has 4 rings (SSSR count). The Balaban J connectivity index is 1.70. The number of amides is 1. The predicted molar refractivity (Wildman–Crippen MR) is 105 cm³/mol. The van der Waals surface area contributed by atoms with E-state index in [-0.39, 0.29) is 0 Å². The molecule has 4 aromatic rings. The molecule has 0 radical (unpaired) electrons. The van der Waals surface area contributed by atoms with Gasteiger partial charge in [-0.3, -0.25) is 14.4 Å². The number of carbonyl (C=O) groups is 1. The number of aromatic nitrogens is 3. The highest BCUT2D eigenvalue weighted by molar-refractivity contribution is 7.16. The van der Waals surface area contributed by atoms with E-state index in [4.69, 9.17) is 10.2 Å². The van der Waals surface area contributed by atoms with Crippen LogP contribution in [-0.4, -0.2) is 25.5 Å². The lowest BCUT2D eigenvalue weighted by Crippen LogP contribution is -2.18. The van der Waals surface area contributed by atoms with Crippen LogP contribution in [0.25, 0.3) is 17.0 Å². The second-order valence-electron chi connectivity index (χ2n) is 6.05. The lowest BCUT2D eigenvalue weighted by atomic mass is 10.2. The van der Waals surface area contributed by atoms with Crippen LogP contribution in [0.15, 0.2) is 48.7 Å². The summed E-state index contributed by atoms with van der Waals surface area (Å²) in [5, 5.41) is 12.7. The summed E-state index contributed by atoms with van der Waals surface area (Å²) >= 11 is 1.53. The van der Waals surface area contributed by atoms with Gasteiger partial charge in [0.2, 0.25) is 0 Å². The fraction of sp³-hybridized carbons (Fsp3) is 0.105. The number of aryl methyl sites for hydroxylation is 2. The number of nitrogens with one attached hydrogen (secondary N) is 2. The normalized spacial score (nSPS) is 10.9. The van der Waals surface area contributed by atoms with E-state index in [1.165, 1.54) is 11.3 Å². The van der Waals surface area contributed by atoms with Crippen LogP contribution in [0.4, 0.5) is 10.8 Å². The first-order valence-electron chi connectivity index (χ1n) is 8.30. The number of thiazole rings is 1. The molecule has 0 fully saturated rings. The number of nitrogens with zero attached hydrogens (tertiary/aromatic N) is 3. The number of fused-ring (bicyclic) bond motifs is 1. The molecular weight excluding hydrogens is 362 g/mol. The van der Waals surface area contributed by atoms with E-state index in [9.17, 15) is 4.79 Å². The van der Waals surface area contributed by atoms with Gasteiger partial charge in [-0.1, -0.05) is 12.1 Å². The van der Waals surface area contributed by atoms with Gasteiger partial charge in [0.1, 0.15) is 11.3 Å². The highest BCUT2D eigenvalue weighted by Crippen LogP contribution is 2.34. The SMILES string of the molecule is Cc1nc2ccccn2c1-c1nc(Nc2cccc(C(=O)NO)c2)sc1C. The van der Waals surface area contributed by atoms with Gasteiger partial charge in [-0.15, -0.1) is 11.3 Å². The number of benzene rings is 1. The molecule has 0 saturated heterocycles. The Morgan fingerprint density at radius 3 is 2.81 bits per heavy atom. The summed E-state index contributed by atoms with van der Waals surface area (Å²) in [5.74, 6) is -0.559. The lowest BCUT2D eigenvalue weighted by molar-refractivity contribution is 0.0706. The quantitative estimate of drug-likeness (QED) is 0.369. The molecule has 1 amide bonds. The summed E-state index contributed by atoms with van der Waals surface area (Å²) in [6.07, 6.45) is 1.98. The number of imidazole rings is 1. The van der Waals surface area contributed by atoms with Crippen molar-refractivity contribution in [2.24, 2.45) is 0 Å². The van der Waals surface area contributed by atoms with E-state index in [2.05, 4.69) is 10.3 Å². The molecule has 0 aliphatic carbocycles. The number of hydrogen-bond acceptors (Lipinski definition) is 6. The highest BCUT2D eigenvalue weighted by atomic mass is 32.1. The minimum atomic E-state index is -0.559. The molecule has 3 aromatic heterocycles. The molecule has 0 bridgehead atoms. The van der Waals surface area contributed by atoms with Crippen LogP contribution in [-0.2, 0) is 0 Å². The van der Waals surface area contributed by atoms with Crippen molar-refractivity contribution in [1.29, 1.82) is 0 Å². The molecule has 1 aromatic carbocycles. The van der Waals surface area contributed by atoms with Gasteiger partial charge >= 0.3 is 0 Å². The Hall–Kier alpha value is -3.23. The first-order valence-corrected chi connectivity index (χ1v) is 9.11. The Morgan fingerprint density at radius 1 is 1.15 bits per heavy atom. The smallest absolute Gasteiger partial charge is 0.274 e. The third-order valence-electron chi connectivity index (χ3n) is 4.20. The number of anilines is 2. The Kier molecular flexibility index (Phi) is 4.35. The molecule has 3 heterocycles. The molecule has 3 N–H and O–H groups in total. The summed E-state index contributed by atoms with van der Waals surface area (Å²) < 4.78 is 2.04. The molecule has 0 aliphatic heterocycles. The van der Waals surface area contributed by atoms with Crippen molar-refractivity contribution in [1.82, 2.24) is 19.8 Å². The molecular formula is C19H17N5O2S. The van der Waals surface area contributed by atoms with Crippen molar-refractivity contribution in [3.05, 3.63) is 64.8 Å². The van der Waals surface area contributed by atoms with E-state index in [0.29, 0.717) is 16.4 Å². The zero-order valence-electron chi connectivity index (χ0n) is 14.7. The molecule has 0 saturated carbocycles. The minimum absolute atomic E-state index is 0.355. The van der Waals surface area contributed by atoms with Crippen molar-refractivity contribution >= 4 is 33.7 Å². The van der Waals surface area contributed by atoms with Crippen molar-refractivity contribution in [2.45, 2.75) is 13.8 Å². The van der Waals surface area contributed by atoms with Crippen molar-refractivity contribution in [3.8, 4) is 11.4 Å². The molecule has 0 aliphatic rings. The maximum Gasteiger partial charge on any atom is 0.274 e. The van der Waals surface area contributed by atoms with Crippen LogP contribution in [0.5, 0.6) is 0 Å². The van der Waals surface area contributed by atoms with Crippen LogP contribution < -0.4 is 10.8 Å². The van der Waals surface area contributed by atoms with Gasteiger partial charge in [0.25, 0.3) is 5.91 Å². The van der Waals surface area contributed by atoms with Crippen LogP contribution in [0, 0.1) is 13.8 Å². The summed E-state index contributed by atoms with van der Waals surface area (Å²) in [4.78, 5) is 22.0. The molecule has 7 nitrogen and oxygen atoms in total. The largest absolute Gasteiger partial charge is 0.332 e. The molecule has 0 spiro atoms. The molecule has 0 atom stereocenters. The van der Waals surface area contributed by atoms with E-state index >= 15 is 0 Å². The average Bonchev–Trinajstić information content (AvgIpc) is 3.19. The van der Waals surface area contributed by atoms with Gasteiger partial charge in [-0.2, -0.15) is 0 Å². The fourth-order valence-corrected chi connectivity index (χ4v) is 3.83.